The van der Waals surface area contributed by atoms with Crippen LogP contribution in [-0.4, -0.2) is 28.2 Å². The maximum absolute atomic E-state index is 11.6. The summed E-state index contributed by atoms with van der Waals surface area (Å²) < 4.78 is 7.80. The first-order valence-electron chi connectivity index (χ1n) is 7.00. The molecule has 0 saturated carbocycles. The van der Waals surface area contributed by atoms with Crippen molar-refractivity contribution in [2.45, 2.75) is 13.3 Å². The first-order chi connectivity index (χ1) is 11.1. The number of aromatic nitrogens is 2. The fourth-order valence-corrected chi connectivity index (χ4v) is 3.61. The van der Waals surface area contributed by atoms with Gasteiger partial charge in [-0.25, -0.2) is 4.98 Å². The summed E-state index contributed by atoms with van der Waals surface area (Å²) in [6, 6.07) is 7.84. The average molecular weight is 440 g/mol. The van der Waals surface area contributed by atoms with Crippen LogP contribution in [0.2, 0.25) is 0 Å². The van der Waals surface area contributed by atoms with Crippen LogP contribution in [-0.2, 0) is 16.0 Å². The van der Waals surface area contributed by atoms with E-state index in [0.717, 1.165) is 20.3 Å². The number of esters is 1. The van der Waals surface area contributed by atoms with Crippen molar-refractivity contribution >= 4 is 51.1 Å². The SMILES string of the molecule is CCOC(=O)Cc1cn2c(C=O)c(-c3ccc(I)cc3)nc2s1. The van der Waals surface area contributed by atoms with Crippen LogP contribution < -0.4 is 0 Å². The Morgan fingerprint density at radius 1 is 1.39 bits per heavy atom. The van der Waals surface area contributed by atoms with Gasteiger partial charge in [0.25, 0.3) is 0 Å². The van der Waals surface area contributed by atoms with Crippen LogP contribution >= 0.6 is 33.9 Å². The van der Waals surface area contributed by atoms with E-state index < -0.39 is 0 Å². The number of hydrogen-bond donors (Lipinski definition) is 0. The van der Waals surface area contributed by atoms with Crippen LogP contribution in [0.5, 0.6) is 0 Å². The average Bonchev–Trinajstić information content (AvgIpc) is 3.04. The van der Waals surface area contributed by atoms with Gasteiger partial charge < -0.3 is 4.74 Å². The Labute approximate surface area is 150 Å². The Morgan fingerprint density at radius 3 is 2.78 bits per heavy atom. The van der Waals surface area contributed by atoms with Gasteiger partial charge in [-0.05, 0) is 41.6 Å². The third-order valence-electron chi connectivity index (χ3n) is 3.26. The number of thiazole rings is 1. The summed E-state index contributed by atoms with van der Waals surface area (Å²) in [6.07, 6.45) is 2.77. The molecule has 1 aromatic carbocycles. The molecule has 2 heterocycles. The molecule has 0 radical (unpaired) electrons. The van der Waals surface area contributed by atoms with Crippen LogP contribution in [0.4, 0.5) is 0 Å². The van der Waals surface area contributed by atoms with Gasteiger partial charge in [0, 0.05) is 20.2 Å². The predicted octanol–water partition coefficient (Wildman–Crippen LogP) is 3.59. The van der Waals surface area contributed by atoms with Gasteiger partial charge in [-0.15, -0.1) is 11.3 Å². The molecule has 0 bridgehead atoms. The number of rotatable bonds is 5. The van der Waals surface area contributed by atoms with E-state index in [4.69, 9.17) is 4.74 Å². The van der Waals surface area contributed by atoms with E-state index in [2.05, 4.69) is 27.6 Å². The number of carbonyl (C=O) groups excluding carboxylic acids is 2. The zero-order chi connectivity index (χ0) is 16.4. The van der Waals surface area contributed by atoms with Gasteiger partial charge in [0.1, 0.15) is 11.4 Å². The third-order valence-corrected chi connectivity index (χ3v) is 4.97. The quantitative estimate of drug-likeness (QED) is 0.346. The number of halogens is 1. The first-order valence-corrected chi connectivity index (χ1v) is 8.89. The Hall–Kier alpha value is -1.74. The first kappa shape index (κ1) is 16.1. The van der Waals surface area contributed by atoms with Gasteiger partial charge in [0.2, 0.25) is 0 Å². The van der Waals surface area contributed by atoms with Gasteiger partial charge in [0.15, 0.2) is 11.2 Å². The molecule has 0 N–H and O–H groups in total. The van der Waals surface area contributed by atoms with Crippen LogP contribution in [0.3, 0.4) is 0 Å². The van der Waals surface area contributed by atoms with E-state index in [0.29, 0.717) is 23.0 Å². The second kappa shape index (κ2) is 6.79. The predicted molar refractivity (Wildman–Crippen MR) is 96.9 cm³/mol. The molecule has 23 heavy (non-hydrogen) atoms. The second-order valence-electron chi connectivity index (χ2n) is 4.80. The normalized spacial score (nSPS) is 10.9. The van der Waals surface area contributed by atoms with Crippen molar-refractivity contribution in [1.82, 2.24) is 9.38 Å². The minimum Gasteiger partial charge on any atom is -0.466 e. The molecule has 3 rings (SSSR count). The molecule has 0 aliphatic rings. The van der Waals surface area contributed by atoms with Gasteiger partial charge in [-0.1, -0.05) is 12.1 Å². The maximum atomic E-state index is 11.6. The van der Waals surface area contributed by atoms with Crippen molar-refractivity contribution in [2.75, 3.05) is 6.61 Å². The number of aldehydes is 1. The van der Waals surface area contributed by atoms with Crippen molar-refractivity contribution in [3.8, 4) is 11.3 Å². The highest BCUT2D eigenvalue weighted by Gasteiger charge is 2.17. The summed E-state index contributed by atoms with van der Waals surface area (Å²) in [6.45, 7) is 2.13. The maximum Gasteiger partial charge on any atom is 0.311 e. The lowest BCUT2D eigenvalue weighted by molar-refractivity contribution is -0.142. The van der Waals surface area contributed by atoms with Crippen LogP contribution in [0.1, 0.15) is 22.3 Å². The highest BCUT2D eigenvalue weighted by Crippen LogP contribution is 2.28. The lowest BCUT2D eigenvalue weighted by Crippen LogP contribution is -2.06. The number of hydrogen-bond acceptors (Lipinski definition) is 5. The van der Waals surface area contributed by atoms with Crippen molar-refractivity contribution in [3.63, 3.8) is 0 Å². The van der Waals surface area contributed by atoms with Crippen LogP contribution in [0.15, 0.2) is 30.5 Å². The standard InChI is InChI=1S/C16H13IN2O3S/c1-2-22-14(21)7-12-8-19-13(9-20)15(18-16(19)23-12)10-3-5-11(17)6-4-10/h3-6,8-9H,2,7H2,1H3. The van der Waals surface area contributed by atoms with Crippen molar-refractivity contribution < 1.29 is 14.3 Å². The van der Waals surface area contributed by atoms with Crippen molar-refractivity contribution in [3.05, 3.63) is 44.6 Å². The van der Waals surface area contributed by atoms with Gasteiger partial charge >= 0.3 is 5.97 Å². The van der Waals surface area contributed by atoms with E-state index in [1.165, 1.54) is 11.3 Å². The van der Waals surface area contributed by atoms with Gasteiger partial charge in [-0.2, -0.15) is 0 Å². The van der Waals surface area contributed by atoms with Crippen molar-refractivity contribution in [2.24, 2.45) is 0 Å². The second-order valence-corrected chi connectivity index (χ2v) is 7.14. The van der Waals surface area contributed by atoms with Crippen LogP contribution in [0.25, 0.3) is 16.2 Å². The minimum absolute atomic E-state index is 0.193. The highest BCUT2D eigenvalue weighted by atomic mass is 127. The molecular formula is C16H13IN2O3S. The Kier molecular flexibility index (Phi) is 4.76. The zero-order valence-corrected chi connectivity index (χ0v) is 15.3. The number of ether oxygens (including phenoxy) is 1. The molecule has 3 aromatic rings. The fraction of sp³-hybridized carbons (Fsp3) is 0.188. The smallest absolute Gasteiger partial charge is 0.311 e. The number of imidazole rings is 1. The molecule has 0 aliphatic carbocycles. The zero-order valence-electron chi connectivity index (χ0n) is 12.3. The number of fused-ring (bicyclic) bond motifs is 1. The summed E-state index contributed by atoms with van der Waals surface area (Å²) in [5, 5.41) is 0. The lowest BCUT2D eigenvalue weighted by Gasteiger charge is -2.00. The largest absolute Gasteiger partial charge is 0.466 e. The fourth-order valence-electron chi connectivity index (χ4n) is 2.28. The van der Waals surface area contributed by atoms with Gasteiger partial charge in [-0.3, -0.25) is 14.0 Å². The highest BCUT2D eigenvalue weighted by molar-refractivity contribution is 14.1. The van der Waals surface area contributed by atoms with Crippen molar-refractivity contribution in [1.29, 1.82) is 0 Å². The molecular weight excluding hydrogens is 427 g/mol. The Morgan fingerprint density at radius 2 is 2.13 bits per heavy atom. The summed E-state index contributed by atoms with van der Waals surface area (Å²) >= 11 is 3.62. The van der Waals surface area contributed by atoms with E-state index in [1.54, 1.807) is 17.5 Å². The number of nitrogens with zero attached hydrogens (tertiary/aromatic N) is 2. The molecule has 0 amide bonds. The molecule has 0 saturated heterocycles. The van der Waals surface area contributed by atoms with E-state index >= 15 is 0 Å². The van der Waals surface area contributed by atoms with E-state index in [9.17, 15) is 9.59 Å². The van der Waals surface area contributed by atoms with E-state index in [1.807, 2.05) is 24.3 Å². The molecule has 0 aliphatic heterocycles. The van der Waals surface area contributed by atoms with E-state index in [-0.39, 0.29) is 12.4 Å². The minimum atomic E-state index is -0.275. The molecule has 5 nitrogen and oxygen atoms in total. The third kappa shape index (κ3) is 3.30. The molecule has 118 valence electrons. The number of benzene rings is 1. The summed E-state index contributed by atoms with van der Waals surface area (Å²) in [7, 11) is 0. The molecule has 0 spiro atoms. The molecule has 7 heteroatoms. The van der Waals surface area contributed by atoms with Gasteiger partial charge in [0.05, 0.1) is 13.0 Å². The summed E-state index contributed by atoms with van der Waals surface area (Å²) in [5.41, 5.74) is 2.05. The van der Waals surface area contributed by atoms with Crippen LogP contribution in [0, 0.1) is 3.57 Å². The number of carbonyl (C=O) groups is 2. The Bertz CT molecular complexity index is 867. The Balaban J connectivity index is 1.99. The topological polar surface area (TPSA) is 60.7 Å². The molecule has 2 aromatic heterocycles. The molecule has 0 unspecified atom stereocenters. The summed E-state index contributed by atoms with van der Waals surface area (Å²) in [5.74, 6) is -0.275. The molecule has 0 fully saturated rings. The monoisotopic (exact) mass is 440 g/mol. The summed E-state index contributed by atoms with van der Waals surface area (Å²) in [4.78, 5) is 29.2. The lowest BCUT2D eigenvalue weighted by atomic mass is 10.1. The molecule has 0 atom stereocenters.